The smallest absolute Gasteiger partial charge is 0.254 e. The Bertz CT molecular complexity index is 487. The van der Waals surface area contributed by atoms with Crippen LogP contribution in [-0.2, 0) is 0 Å². The zero-order valence-corrected chi connectivity index (χ0v) is 12.5. The summed E-state index contributed by atoms with van der Waals surface area (Å²) in [6, 6.07) is 5.63. The molecule has 0 aliphatic carbocycles. The van der Waals surface area contributed by atoms with Gasteiger partial charge in [0.15, 0.2) is 0 Å². The van der Waals surface area contributed by atoms with Gasteiger partial charge in [-0.1, -0.05) is 19.9 Å². The third-order valence-corrected chi connectivity index (χ3v) is 4.19. The minimum Gasteiger partial charge on any atom is -0.508 e. The summed E-state index contributed by atoms with van der Waals surface area (Å²) >= 11 is 0. The summed E-state index contributed by atoms with van der Waals surface area (Å²) in [5, 5.41) is 13.2. The van der Waals surface area contributed by atoms with E-state index < -0.39 is 0 Å². The number of rotatable bonds is 3. The number of phenols is 1. The van der Waals surface area contributed by atoms with Crippen molar-refractivity contribution in [3.63, 3.8) is 0 Å². The zero-order chi connectivity index (χ0) is 14.7. The van der Waals surface area contributed by atoms with E-state index >= 15 is 0 Å². The lowest BCUT2D eigenvalue weighted by Gasteiger charge is -2.37. The van der Waals surface area contributed by atoms with Crippen LogP contribution in [-0.4, -0.2) is 41.6 Å². The van der Waals surface area contributed by atoms with Crippen molar-refractivity contribution < 1.29 is 9.90 Å². The van der Waals surface area contributed by atoms with Crippen LogP contribution >= 0.6 is 0 Å². The number of likely N-dealkylation sites (tertiary alicyclic amines) is 1. The molecule has 1 aromatic carbocycles. The number of hydrogen-bond acceptors (Lipinski definition) is 3. The van der Waals surface area contributed by atoms with Crippen LogP contribution in [0.4, 0.5) is 0 Å². The molecular formula is C16H24N2O2. The fourth-order valence-corrected chi connectivity index (χ4v) is 2.92. The van der Waals surface area contributed by atoms with Crippen LogP contribution in [0.5, 0.6) is 5.75 Å². The lowest BCUT2D eigenvalue weighted by Crippen LogP contribution is -2.50. The number of carbonyl (C=O) groups is 1. The van der Waals surface area contributed by atoms with Gasteiger partial charge in [0.05, 0.1) is 0 Å². The Hall–Kier alpha value is -1.55. The fraction of sp³-hybridized carbons (Fsp3) is 0.562. The Morgan fingerprint density at radius 2 is 2.25 bits per heavy atom. The molecule has 1 aliphatic rings. The van der Waals surface area contributed by atoms with Gasteiger partial charge in [0.2, 0.25) is 0 Å². The van der Waals surface area contributed by atoms with Gasteiger partial charge in [-0.3, -0.25) is 4.79 Å². The molecule has 2 rings (SSSR count). The Morgan fingerprint density at radius 1 is 1.50 bits per heavy atom. The molecule has 4 heteroatoms. The predicted octanol–water partition coefficient (Wildman–Crippen LogP) is 2.16. The highest BCUT2D eigenvalue weighted by atomic mass is 16.3. The molecule has 0 aromatic heterocycles. The first-order valence-corrected chi connectivity index (χ1v) is 7.35. The monoisotopic (exact) mass is 276 g/mol. The highest BCUT2D eigenvalue weighted by Crippen LogP contribution is 2.24. The topological polar surface area (TPSA) is 52.6 Å². The number of piperidine rings is 1. The van der Waals surface area contributed by atoms with E-state index in [9.17, 15) is 9.90 Å². The van der Waals surface area contributed by atoms with E-state index in [4.69, 9.17) is 0 Å². The summed E-state index contributed by atoms with van der Waals surface area (Å²) in [5.74, 6) is 0.664. The zero-order valence-electron chi connectivity index (χ0n) is 12.5. The number of hydrogen-bond donors (Lipinski definition) is 2. The Kier molecular flexibility index (Phi) is 4.65. The largest absolute Gasteiger partial charge is 0.508 e. The van der Waals surface area contributed by atoms with Crippen molar-refractivity contribution in [2.75, 3.05) is 19.6 Å². The molecule has 110 valence electrons. The number of nitrogens with zero attached hydrogens (tertiary/aromatic N) is 1. The molecule has 0 spiro atoms. The predicted molar refractivity (Wildman–Crippen MR) is 80.0 cm³/mol. The number of nitrogens with one attached hydrogen (secondary N) is 1. The van der Waals surface area contributed by atoms with Gasteiger partial charge in [0.25, 0.3) is 5.91 Å². The second-order valence-corrected chi connectivity index (χ2v) is 5.63. The first kappa shape index (κ1) is 14.9. The average molecular weight is 276 g/mol. The number of carbonyl (C=O) groups excluding carboxylic acids is 1. The maximum atomic E-state index is 12.6. The molecule has 1 fully saturated rings. The highest BCUT2D eigenvalue weighted by molar-refractivity contribution is 5.96. The van der Waals surface area contributed by atoms with Crippen LogP contribution in [0.2, 0.25) is 0 Å². The molecule has 4 nitrogen and oxygen atoms in total. The first-order valence-electron chi connectivity index (χ1n) is 7.35. The van der Waals surface area contributed by atoms with Crippen molar-refractivity contribution in [1.82, 2.24) is 10.2 Å². The Morgan fingerprint density at radius 3 is 2.90 bits per heavy atom. The van der Waals surface area contributed by atoms with Crippen molar-refractivity contribution in [2.24, 2.45) is 5.92 Å². The van der Waals surface area contributed by atoms with E-state index in [1.807, 2.05) is 4.90 Å². The lowest BCUT2D eigenvalue weighted by atomic mass is 9.93. The molecule has 2 N–H and O–H groups in total. The molecule has 2 atom stereocenters. The van der Waals surface area contributed by atoms with Gasteiger partial charge in [-0.15, -0.1) is 0 Å². The Labute approximate surface area is 120 Å². The summed E-state index contributed by atoms with van der Waals surface area (Å²) < 4.78 is 0. The molecule has 1 saturated heterocycles. The molecular weight excluding hydrogens is 252 g/mol. The minimum absolute atomic E-state index is 0.0280. The van der Waals surface area contributed by atoms with Gasteiger partial charge in [0.1, 0.15) is 5.75 Å². The molecule has 0 radical (unpaired) electrons. The van der Waals surface area contributed by atoms with Gasteiger partial charge in [-0.05, 0) is 37.9 Å². The van der Waals surface area contributed by atoms with Crippen molar-refractivity contribution >= 4 is 5.91 Å². The molecule has 20 heavy (non-hydrogen) atoms. The molecule has 1 amide bonds. The van der Waals surface area contributed by atoms with Gasteiger partial charge in [-0.2, -0.15) is 0 Å². The SMILES string of the molecule is CCNC1CCN(C(=O)c2cccc(O)c2C)CC1C. The van der Waals surface area contributed by atoms with E-state index in [1.54, 1.807) is 25.1 Å². The summed E-state index contributed by atoms with van der Waals surface area (Å²) in [7, 11) is 0. The lowest BCUT2D eigenvalue weighted by molar-refractivity contribution is 0.0645. The third-order valence-electron chi connectivity index (χ3n) is 4.19. The van der Waals surface area contributed by atoms with Crippen LogP contribution in [0.15, 0.2) is 18.2 Å². The molecule has 1 heterocycles. The van der Waals surface area contributed by atoms with Crippen molar-refractivity contribution in [3.05, 3.63) is 29.3 Å². The maximum absolute atomic E-state index is 12.6. The Balaban J connectivity index is 2.09. The van der Waals surface area contributed by atoms with Crippen molar-refractivity contribution in [1.29, 1.82) is 0 Å². The van der Waals surface area contributed by atoms with Crippen molar-refractivity contribution in [2.45, 2.75) is 33.2 Å². The molecule has 0 saturated carbocycles. The summed E-state index contributed by atoms with van der Waals surface area (Å²) in [6.45, 7) is 8.59. The maximum Gasteiger partial charge on any atom is 0.254 e. The quantitative estimate of drug-likeness (QED) is 0.889. The molecule has 2 unspecified atom stereocenters. The van der Waals surface area contributed by atoms with Gasteiger partial charge < -0.3 is 15.3 Å². The van der Waals surface area contributed by atoms with Gasteiger partial charge in [-0.25, -0.2) is 0 Å². The minimum atomic E-state index is 0.0280. The fourth-order valence-electron chi connectivity index (χ4n) is 2.92. The number of benzene rings is 1. The third kappa shape index (κ3) is 2.96. The van der Waals surface area contributed by atoms with Crippen LogP contribution in [0.3, 0.4) is 0 Å². The average Bonchev–Trinajstić information content (AvgIpc) is 2.43. The molecule has 0 bridgehead atoms. The van der Waals surface area contributed by atoms with Gasteiger partial charge >= 0.3 is 0 Å². The van der Waals surface area contributed by atoms with Crippen LogP contribution in [0.1, 0.15) is 36.2 Å². The van der Waals surface area contributed by atoms with Crippen LogP contribution in [0.25, 0.3) is 0 Å². The summed E-state index contributed by atoms with van der Waals surface area (Å²) in [6.07, 6.45) is 0.985. The normalized spacial score (nSPS) is 22.9. The van der Waals surface area contributed by atoms with E-state index in [1.165, 1.54) is 0 Å². The molecule has 1 aliphatic heterocycles. The summed E-state index contributed by atoms with van der Waals surface area (Å²) in [5.41, 5.74) is 1.28. The standard InChI is InChI=1S/C16H24N2O2/c1-4-17-14-8-9-18(10-11(14)2)16(20)13-6-5-7-15(19)12(13)3/h5-7,11,14,17,19H,4,8-10H2,1-3H3. The van der Waals surface area contributed by atoms with E-state index in [0.29, 0.717) is 23.1 Å². The van der Waals surface area contributed by atoms with Gasteiger partial charge in [0, 0.05) is 30.3 Å². The second-order valence-electron chi connectivity index (χ2n) is 5.63. The number of aromatic hydroxyl groups is 1. The van der Waals surface area contributed by atoms with E-state index in [-0.39, 0.29) is 11.7 Å². The first-order chi connectivity index (χ1) is 9.54. The van der Waals surface area contributed by atoms with Crippen LogP contribution in [0, 0.1) is 12.8 Å². The number of phenolic OH excluding ortho intramolecular Hbond substituents is 1. The van der Waals surface area contributed by atoms with E-state index in [0.717, 1.165) is 26.1 Å². The number of amides is 1. The van der Waals surface area contributed by atoms with Crippen LogP contribution < -0.4 is 5.32 Å². The molecule has 1 aromatic rings. The summed E-state index contributed by atoms with van der Waals surface area (Å²) in [4.78, 5) is 14.5. The van der Waals surface area contributed by atoms with Crippen molar-refractivity contribution in [3.8, 4) is 5.75 Å². The van der Waals surface area contributed by atoms with E-state index in [2.05, 4.69) is 19.2 Å². The highest BCUT2D eigenvalue weighted by Gasteiger charge is 2.29. The second kappa shape index (κ2) is 6.27.